The number of benzene rings is 1. The summed E-state index contributed by atoms with van der Waals surface area (Å²) in [6.07, 6.45) is 1.77. The third-order valence-corrected chi connectivity index (χ3v) is 4.30. The molecule has 19 heavy (non-hydrogen) atoms. The van der Waals surface area contributed by atoms with E-state index >= 15 is 0 Å². The summed E-state index contributed by atoms with van der Waals surface area (Å²) >= 11 is 0. The summed E-state index contributed by atoms with van der Waals surface area (Å²) < 4.78 is 5.27. The Kier molecular flexibility index (Phi) is 2.90. The fourth-order valence-electron chi connectivity index (χ4n) is 2.93. The number of rotatable bonds is 2. The average molecular weight is 256 g/mol. The third kappa shape index (κ3) is 2.06. The van der Waals surface area contributed by atoms with Gasteiger partial charge in [0.25, 0.3) is 0 Å². The van der Waals surface area contributed by atoms with Gasteiger partial charge in [0.2, 0.25) is 0 Å². The first kappa shape index (κ1) is 12.0. The highest BCUT2D eigenvalue weighted by Crippen LogP contribution is 2.52. The maximum absolute atomic E-state index is 11.8. The number of likely N-dealkylation sites (tertiary alicyclic amines) is 1. The van der Waals surface area contributed by atoms with Crippen molar-refractivity contribution in [3.63, 3.8) is 0 Å². The van der Waals surface area contributed by atoms with E-state index in [9.17, 15) is 4.79 Å². The van der Waals surface area contributed by atoms with Crippen LogP contribution in [-0.2, 0) is 11.3 Å². The molecular weight excluding hydrogens is 240 g/mol. The SMILES string of the molecule is N#CC1CCC12CN(C(=O)OCc1ccccc1)C2. The van der Waals surface area contributed by atoms with E-state index < -0.39 is 0 Å². The summed E-state index contributed by atoms with van der Waals surface area (Å²) in [7, 11) is 0. The first-order valence-electron chi connectivity index (χ1n) is 6.59. The number of carbonyl (C=O) groups excluding carboxylic acids is 1. The van der Waals surface area contributed by atoms with Gasteiger partial charge in [-0.1, -0.05) is 30.3 Å². The van der Waals surface area contributed by atoms with Crippen molar-refractivity contribution in [2.75, 3.05) is 13.1 Å². The van der Waals surface area contributed by atoms with E-state index in [-0.39, 0.29) is 17.4 Å². The molecule has 1 saturated heterocycles. The number of nitriles is 1. The number of amides is 1. The van der Waals surface area contributed by atoms with Crippen LogP contribution in [0, 0.1) is 22.7 Å². The van der Waals surface area contributed by atoms with Crippen molar-refractivity contribution in [1.29, 1.82) is 5.26 Å². The van der Waals surface area contributed by atoms with Gasteiger partial charge in [0.1, 0.15) is 6.61 Å². The minimum absolute atomic E-state index is 0.0838. The average Bonchev–Trinajstić information content (AvgIpc) is 2.35. The predicted molar refractivity (Wildman–Crippen MR) is 69.0 cm³/mol. The summed E-state index contributed by atoms with van der Waals surface area (Å²) in [6, 6.07) is 12.0. The normalized spacial score (nSPS) is 23.1. The maximum Gasteiger partial charge on any atom is 0.410 e. The molecule has 1 saturated carbocycles. The lowest BCUT2D eigenvalue weighted by molar-refractivity contribution is -0.0829. The zero-order valence-corrected chi connectivity index (χ0v) is 10.7. The van der Waals surface area contributed by atoms with E-state index in [2.05, 4.69) is 6.07 Å². The quantitative estimate of drug-likeness (QED) is 0.817. The van der Waals surface area contributed by atoms with Crippen LogP contribution in [0.1, 0.15) is 18.4 Å². The molecule has 2 aliphatic rings. The van der Waals surface area contributed by atoms with Crippen molar-refractivity contribution >= 4 is 6.09 Å². The van der Waals surface area contributed by atoms with Crippen molar-refractivity contribution in [2.24, 2.45) is 11.3 Å². The van der Waals surface area contributed by atoms with Gasteiger partial charge in [-0.25, -0.2) is 4.79 Å². The summed E-state index contributed by atoms with van der Waals surface area (Å²) in [4.78, 5) is 13.5. The second-order valence-corrected chi connectivity index (χ2v) is 5.48. The Morgan fingerprint density at radius 3 is 2.74 bits per heavy atom. The van der Waals surface area contributed by atoms with Crippen LogP contribution in [0.3, 0.4) is 0 Å². The maximum atomic E-state index is 11.8. The zero-order valence-electron chi connectivity index (χ0n) is 10.7. The first-order valence-corrected chi connectivity index (χ1v) is 6.59. The first-order chi connectivity index (χ1) is 9.23. The molecule has 98 valence electrons. The standard InChI is InChI=1S/C15H16N2O2/c16-8-13-6-7-15(13)10-17(11-15)14(18)19-9-12-4-2-1-3-5-12/h1-5,13H,6-7,9-11H2. The molecule has 1 heterocycles. The summed E-state index contributed by atoms with van der Waals surface area (Å²) in [6.45, 7) is 1.67. The molecule has 0 aromatic heterocycles. The molecule has 1 aliphatic carbocycles. The molecule has 1 spiro atoms. The Balaban J connectivity index is 1.47. The van der Waals surface area contributed by atoms with Crippen molar-refractivity contribution in [3.05, 3.63) is 35.9 Å². The smallest absolute Gasteiger partial charge is 0.410 e. The van der Waals surface area contributed by atoms with E-state index in [4.69, 9.17) is 10.00 Å². The Labute approximate surface area is 112 Å². The monoisotopic (exact) mass is 256 g/mol. The van der Waals surface area contributed by atoms with Gasteiger partial charge in [-0.2, -0.15) is 5.26 Å². The number of nitrogens with zero attached hydrogens (tertiary/aromatic N) is 2. The van der Waals surface area contributed by atoms with Crippen molar-refractivity contribution in [2.45, 2.75) is 19.4 Å². The van der Waals surface area contributed by atoms with Crippen LogP contribution in [-0.4, -0.2) is 24.1 Å². The Hall–Kier alpha value is -2.02. The molecule has 0 N–H and O–H groups in total. The lowest BCUT2D eigenvalue weighted by atomic mass is 9.56. The Morgan fingerprint density at radius 2 is 2.16 bits per heavy atom. The highest BCUT2D eigenvalue weighted by Gasteiger charge is 2.56. The van der Waals surface area contributed by atoms with Crippen LogP contribution < -0.4 is 0 Å². The minimum atomic E-state index is -0.266. The van der Waals surface area contributed by atoms with Gasteiger partial charge >= 0.3 is 6.09 Å². The van der Waals surface area contributed by atoms with Crippen molar-refractivity contribution in [1.82, 2.24) is 4.90 Å². The predicted octanol–water partition coefficient (Wildman–Crippen LogP) is 2.56. The fourth-order valence-corrected chi connectivity index (χ4v) is 2.93. The number of carbonyl (C=O) groups is 1. The topological polar surface area (TPSA) is 53.3 Å². The molecule has 1 aromatic carbocycles. The molecule has 1 aliphatic heterocycles. The Bertz CT molecular complexity index is 515. The second kappa shape index (κ2) is 4.58. The second-order valence-electron chi connectivity index (χ2n) is 5.48. The van der Waals surface area contributed by atoms with Crippen molar-refractivity contribution < 1.29 is 9.53 Å². The van der Waals surface area contributed by atoms with Gasteiger partial charge < -0.3 is 9.64 Å². The van der Waals surface area contributed by atoms with E-state index in [0.717, 1.165) is 18.4 Å². The molecular formula is C15H16N2O2. The third-order valence-electron chi connectivity index (χ3n) is 4.30. The molecule has 0 radical (unpaired) electrons. The summed E-state index contributed by atoms with van der Waals surface area (Å²) in [5.41, 5.74) is 1.07. The van der Waals surface area contributed by atoms with E-state index in [0.29, 0.717) is 19.7 Å². The van der Waals surface area contributed by atoms with Crippen LogP contribution in [0.2, 0.25) is 0 Å². The van der Waals surface area contributed by atoms with Crippen LogP contribution >= 0.6 is 0 Å². The van der Waals surface area contributed by atoms with E-state index in [1.54, 1.807) is 4.90 Å². The van der Waals surface area contributed by atoms with Gasteiger partial charge in [0.05, 0.1) is 12.0 Å². The number of ether oxygens (including phenoxy) is 1. The van der Waals surface area contributed by atoms with Gasteiger partial charge in [0, 0.05) is 18.5 Å². The van der Waals surface area contributed by atoms with Crippen LogP contribution in [0.4, 0.5) is 4.79 Å². The highest BCUT2D eigenvalue weighted by molar-refractivity contribution is 5.69. The molecule has 1 amide bonds. The number of hydrogen-bond acceptors (Lipinski definition) is 3. The van der Waals surface area contributed by atoms with Crippen LogP contribution in [0.25, 0.3) is 0 Å². The highest BCUT2D eigenvalue weighted by atomic mass is 16.6. The molecule has 1 atom stereocenters. The molecule has 4 heteroatoms. The fraction of sp³-hybridized carbons (Fsp3) is 0.467. The lowest BCUT2D eigenvalue weighted by Gasteiger charge is -2.57. The largest absolute Gasteiger partial charge is 0.445 e. The lowest BCUT2D eigenvalue weighted by Crippen LogP contribution is -2.65. The van der Waals surface area contributed by atoms with Gasteiger partial charge in [-0.05, 0) is 18.4 Å². The van der Waals surface area contributed by atoms with Gasteiger partial charge in [0.15, 0.2) is 0 Å². The van der Waals surface area contributed by atoms with Crippen LogP contribution in [0.5, 0.6) is 0 Å². The van der Waals surface area contributed by atoms with Crippen LogP contribution in [0.15, 0.2) is 30.3 Å². The minimum Gasteiger partial charge on any atom is -0.445 e. The molecule has 0 bridgehead atoms. The summed E-state index contributed by atoms with van der Waals surface area (Å²) in [5.74, 6) is 0.130. The molecule has 2 fully saturated rings. The van der Waals surface area contributed by atoms with E-state index in [1.807, 2.05) is 30.3 Å². The molecule has 1 aromatic rings. The Morgan fingerprint density at radius 1 is 1.42 bits per heavy atom. The zero-order chi connectivity index (χ0) is 13.3. The summed E-state index contributed by atoms with van der Waals surface area (Å²) in [5, 5.41) is 8.98. The van der Waals surface area contributed by atoms with Crippen molar-refractivity contribution in [3.8, 4) is 6.07 Å². The molecule has 1 unspecified atom stereocenters. The number of hydrogen-bond donors (Lipinski definition) is 0. The van der Waals surface area contributed by atoms with E-state index in [1.165, 1.54) is 0 Å². The molecule has 4 nitrogen and oxygen atoms in total. The van der Waals surface area contributed by atoms with Gasteiger partial charge in [-0.3, -0.25) is 0 Å². The van der Waals surface area contributed by atoms with Gasteiger partial charge in [-0.15, -0.1) is 0 Å². The molecule has 3 rings (SSSR count).